The molecular weight excluding hydrogens is 151 g/mol. The van der Waals surface area contributed by atoms with Crippen LogP contribution >= 0.6 is 7.26 Å². The van der Waals surface area contributed by atoms with Crippen LogP contribution in [0.5, 0.6) is 0 Å². The molecule has 0 amide bonds. The molecule has 0 radical (unpaired) electrons. The zero-order valence-corrected chi connectivity index (χ0v) is 10.1. The second-order valence-electron chi connectivity index (χ2n) is 5.58. The van der Waals surface area contributed by atoms with Gasteiger partial charge in [-0.1, -0.05) is 0 Å². The second-order valence-corrected chi connectivity index (χ2v) is 11.1. The van der Waals surface area contributed by atoms with Gasteiger partial charge in [-0.05, 0) is 0 Å². The van der Waals surface area contributed by atoms with E-state index >= 15 is 0 Å². The van der Waals surface area contributed by atoms with Gasteiger partial charge in [-0.25, -0.2) is 0 Å². The van der Waals surface area contributed by atoms with Crippen LogP contribution in [-0.4, -0.2) is 25.7 Å². The van der Waals surface area contributed by atoms with E-state index in [-0.39, 0.29) is 0 Å². The van der Waals surface area contributed by atoms with Crippen LogP contribution in [0, 0.1) is 5.41 Å². The van der Waals surface area contributed by atoms with Gasteiger partial charge in [0.2, 0.25) is 0 Å². The molecule has 0 aromatic heterocycles. The van der Waals surface area contributed by atoms with E-state index in [1.54, 1.807) is 0 Å². The monoisotopic (exact) mass is 176 g/mol. The minimum absolute atomic E-state index is 0.541. The fourth-order valence-corrected chi connectivity index (χ4v) is 2.67. The standard InChI is InChI=1S/C10H25P/c1-7-11(5,6)9-8-10(2,3)4/h11H,7-9H2,1-6H3. The van der Waals surface area contributed by atoms with Crippen molar-refractivity contribution in [1.29, 1.82) is 0 Å². The third-order valence-electron chi connectivity index (χ3n) is 2.51. The van der Waals surface area contributed by atoms with E-state index in [1.165, 1.54) is 18.7 Å². The first-order chi connectivity index (χ1) is 4.77. The molecule has 0 aromatic rings. The summed E-state index contributed by atoms with van der Waals surface area (Å²) in [5.74, 6) is 0. The Hall–Kier alpha value is 0.430. The van der Waals surface area contributed by atoms with E-state index in [0.717, 1.165) is 0 Å². The summed E-state index contributed by atoms with van der Waals surface area (Å²) in [5.41, 5.74) is 0.541. The molecule has 70 valence electrons. The SMILES string of the molecule is CC[PH](C)(C)CCC(C)(C)C. The summed E-state index contributed by atoms with van der Waals surface area (Å²) in [6.07, 6.45) is 4.33. The molecule has 0 N–H and O–H groups in total. The molecule has 0 aliphatic heterocycles. The van der Waals surface area contributed by atoms with E-state index in [1.807, 2.05) is 0 Å². The van der Waals surface area contributed by atoms with Gasteiger partial charge in [0.1, 0.15) is 0 Å². The minimum atomic E-state index is -0.787. The summed E-state index contributed by atoms with van der Waals surface area (Å²) in [5, 5.41) is 0. The maximum atomic E-state index is 2.50. The van der Waals surface area contributed by atoms with Crippen molar-refractivity contribution in [2.24, 2.45) is 5.41 Å². The summed E-state index contributed by atoms with van der Waals surface area (Å²) in [7, 11) is -0.787. The number of hydrogen-bond acceptors (Lipinski definition) is 0. The molecule has 0 saturated heterocycles. The first-order valence-corrected chi connectivity index (χ1v) is 8.18. The van der Waals surface area contributed by atoms with Crippen molar-refractivity contribution in [3.05, 3.63) is 0 Å². The van der Waals surface area contributed by atoms with Crippen LogP contribution in [0.3, 0.4) is 0 Å². The Balaban J connectivity index is 3.70. The van der Waals surface area contributed by atoms with Gasteiger partial charge < -0.3 is 0 Å². The van der Waals surface area contributed by atoms with Crippen molar-refractivity contribution in [2.45, 2.75) is 34.1 Å². The van der Waals surface area contributed by atoms with Crippen LogP contribution in [0.25, 0.3) is 0 Å². The normalized spacial score (nSPS) is 15.1. The van der Waals surface area contributed by atoms with Gasteiger partial charge in [-0.3, -0.25) is 0 Å². The van der Waals surface area contributed by atoms with Gasteiger partial charge in [0.25, 0.3) is 0 Å². The van der Waals surface area contributed by atoms with Gasteiger partial charge in [0.05, 0.1) is 0 Å². The summed E-state index contributed by atoms with van der Waals surface area (Å²) >= 11 is 0. The van der Waals surface area contributed by atoms with Crippen molar-refractivity contribution in [3.63, 3.8) is 0 Å². The Morgan fingerprint density at radius 2 is 1.55 bits per heavy atom. The zero-order chi connectivity index (χ0) is 9.12. The first kappa shape index (κ1) is 11.4. The van der Waals surface area contributed by atoms with Gasteiger partial charge >= 0.3 is 72.4 Å². The Bertz CT molecular complexity index is 109. The molecule has 0 aliphatic rings. The molecule has 1 heteroatoms. The third-order valence-corrected chi connectivity index (χ3v) is 6.03. The fraction of sp³-hybridized carbons (Fsp3) is 1.00. The van der Waals surface area contributed by atoms with E-state index in [0.29, 0.717) is 5.41 Å². The van der Waals surface area contributed by atoms with Crippen LogP contribution in [-0.2, 0) is 0 Å². The fourth-order valence-electron chi connectivity index (χ4n) is 0.890. The molecule has 0 saturated carbocycles. The average molecular weight is 176 g/mol. The number of rotatable bonds is 3. The predicted molar refractivity (Wildman–Crippen MR) is 59.6 cm³/mol. The van der Waals surface area contributed by atoms with Crippen LogP contribution in [0.2, 0.25) is 0 Å². The Morgan fingerprint density at radius 1 is 1.09 bits per heavy atom. The Labute approximate surface area is 73.1 Å². The Kier molecular flexibility index (Phi) is 4.05. The predicted octanol–water partition coefficient (Wildman–Crippen LogP) is 3.45. The van der Waals surface area contributed by atoms with Gasteiger partial charge in [0, 0.05) is 0 Å². The molecular formula is C10H25P. The molecule has 0 nitrogen and oxygen atoms in total. The Morgan fingerprint density at radius 3 is 1.82 bits per heavy atom. The summed E-state index contributed by atoms with van der Waals surface area (Å²) in [6.45, 7) is 14.4. The zero-order valence-electron chi connectivity index (χ0n) is 9.12. The van der Waals surface area contributed by atoms with Crippen LogP contribution in [0.4, 0.5) is 0 Å². The summed E-state index contributed by atoms with van der Waals surface area (Å²) < 4.78 is 0. The topological polar surface area (TPSA) is 0 Å². The van der Waals surface area contributed by atoms with Crippen molar-refractivity contribution in [1.82, 2.24) is 0 Å². The molecule has 0 aliphatic carbocycles. The van der Waals surface area contributed by atoms with Crippen LogP contribution in [0.1, 0.15) is 34.1 Å². The van der Waals surface area contributed by atoms with E-state index in [2.05, 4.69) is 41.0 Å². The van der Waals surface area contributed by atoms with Crippen molar-refractivity contribution < 1.29 is 0 Å². The average Bonchev–Trinajstić information content (AvgIpc) is 1.83. The van der Waals surface area contributed by atoms with Crippen LogP contribution in [0.15, 0.2) is 0 Å². The molecule has 0 heterocycles. The van der Waals surface area contributed by atoms with Crippen molar-refractivity contribution in [3.8, 4) is 0 Å². The summed E-state index contributed by atoms with van der Waals surface area (Å²) in [6, 6.07) is 0. The van der Waals surface area contributed by atoms with E-state index in [4.69, 9.17) is 0 Å². The van der Waals surface area contributed by atoms with Gasteiger partial charge in [-0.15, -0.1) is 0 Å². The molecule has 0 aromatic carbocycles. The molecule has 0 rings (SSSR count). The van der Waals surface area contributed by atoms with Crippen molar-refractivity contribution >= 4 is 7.26 Å². The molecule has 0 spiro atoms. The summed E-state index contributed by atoms with van der Waals surface area (Å²) in [4.78, 5) is 0. The first-order valence-electron chi connectivity index (χ1n) is 4.77. The van der Waals surface area contributed by atoms with Gasteiger partial charge in [-0.2, -0.15) is 0 Å². The van der Waals surface area contributed by atoms with Crippen molar-refractivity contribution in [2.75, 3.05) is 25.7 Å². The van der Waals surface area contributed by atoms with Crippen LogP contribution < -0.4 is 0 Å². The molecule has 0 bridgehead atoms. The van der Waals surface area contributed by atoms with E-state index in [9.17, 15) is 0 Å². The molecule has 0 fully saturated rings. The molecule has 0 atom stereocenters. The van der Waals surface area contributed by atoms with Gasteiger partial charge in [0.15, 0.2) is 0 Å². The third kappa shape index (κ3) is 6.81. The van der Waals surface area contributed by atoms with E-state index < -0.39 is 7.26 Å². The quantitative estimate of drug-likeness (QED) is 0.578. The molecule has 11 heavy (non-hydrogen) atoms. The second kappa shape index (κ2) is 3.90. The maximum absolute atomic E-state index is 2.50. The molecule has 0 unspecified atom stereocenters. The number of hydrogen-bond donors (Lipinski definition) is 0.